The van der Waals surface area contributed by atoms with Crippen molar-refractivity contribution in [3.05, 3.63) is 64.7 Å². The van der Waals surface area contributed by atoms with E-state index < -0.39 is 17.4 Å². The lowest BCUT2D eigenvalue weighted by molar-refractivity contribution is 0.103. The molecule has 0 unspecified atom stereocenters. The number of ketones is 1. The quantitative estimate of drug-likeness (QED) is 0.617. The second-order valence-corrected chi connectivity index (χ2v) is 5.02. The Bertz CT molecular complexity index is 621. The lowest BCUT2D eigenvalue weighted by atomic mass is 10.0. The molecule has 4 heteroatoms. The Hall–Kier alpha value is -1.68. The average molecular weight is 278 g/mol. The maximum atomic E-state index is 13.7. The molecule has 0 aliphatic carbocycles. The largest absolute Gasteiger partial charge is 0.288 e. The topological polar surface area (TPSA) is 17.1 Å². The van der Waals surface area contributed by atoms with E-state index in [1.54, 1.807) is 36.0 Å². The summed E-state index contributed by atoms with van der Waals surface area (Å²) in [6.07, 6.45) is 1.92. The van der Waals surface area contributed by atoms with Gasteiger partial charge in [0.05, 0.1) is 5.56 Å². The van der Waals surface area contributed by atoms with Gasteiger partial charge in [-0.2, -0.15) is 0 Å². The SMILES string of the molecule is CSc1ccc(C(=O)c2cc(F)c(C)cc2F)cc1. The highest BCUT2D eigenvalue weighted by molar-refractivity contribution is 7.98. The highest BCUT2D eigenvalue weighted by Crippen LogP contribution is 2.20. The molecule has 0 saturated carbocycles. The van der Waals surface area contributed by atoms with Crippen LogP contribution in [0.4, 0.5) is 8.78 Å². The zero-order valence-electron chi connectivity index (χ0n) is 10.5. The fourth-order valence-electron chi connectivity index (χ4n) is 1.72. The molecule has 0 atom stereocenters. The van der Waals surface area contributed by atoms with Crippen LogP contribution in [0.25, 0.3) is 0 Å². The van der Waals surface area contributed by atoms with Gasteiger partial charge in [0.25, 0.3) is 0 Å². The molecule has 0 saturated heterocycles. The molecule has 0 aliphatic heterocycles. The van der Waals surface area contributed by atoms with E-state index in [2.05, 4.69) is 0 Å². The van der Waals surface area contributed by atoms with Crippen molar-refractivity contribution in [2.45, 2.75) is 11.8 Å². The minimum Gasteiger partial charge on any atom is -0.288 e. The van der Waals surface area contributed by atoms with Crippen molar-refractivity contribution in [2.24, 2.45) is 0 Å². The molecule has 2 aromatic carbocycles. The summed E-state index contributed by atoms with van der Waals surface area (Å²) in [4.78, 5) is 13.1. The number of carbonyl (C=O) groups is 1. The molecule has 0 N–H and O–H groups in total. The normalized spacial score (nSPS) is 10.5. The van der Waals surface area contributed by atoms with E-state index in [1.165, 1.54) is 6.92 Å². The van der Waals surface area contributed by atoms with Crippen molar-refractivity contribution in [3.8, 4) is 0 Å². The van der Waals surface area contributed by atoms with E-state index in [0.29, 0.717) is 5.56 Å². The lowest BCUT2D eigenvalue weighted by Gasteiger charge is -2.05. The third kappa shape index (κ3) is 2.84. The van der Waals surface area contributed by atoms with E-state index >= 15 is 0 Å². The van der Waals surface area contributed by atoms with Gasteiger partial charge >= 0.3 is 0 Å². The van der Waals surface area contributed by atoms with Gasteiger partial charge < -0.3 is 0 Å². The molecule has 0 radical (unpaired) electrons. The number of hydrogen-bond donors (Lipinski definition) is 0. The van der Waals surface area contributed by atoms with Crippen LogP contribution >= 0.6 is 11.8 Å². The molecule has 0 spiro atoms. The Morgan fingerprint density at radius 2 is 1.68 bits per heavy atom. The molecular formula is C15H12F2OS. The van der Waals surface area contributed by atoms with E-state index in [-0.39, 0.29) is 11.1 Å². The molecule has 0 fully saturated rings. The number of hydrogen-bond acceptors (Lipinski definition) is 2. The van der Waals surface area contributed by atoms with Crippen molar-refractivity contribution in [1.82, 2.24) is 0 Å². The first-order valence-corrected chi connectivity index (χ1v) is 6.90. The molecule has 0 aliphatic rings. The Morgan fingerprint density at radius 3 is 2.26 bits per heavy atom. The first-order valence-electron chi connectivity index (χ1n) is 5.67. The summed E-state index contributed by atoms with van der Waals surface area (Å²) in [6.45, 7) is 1.46. The molecule has 2 aromatic rings. The van der Waals surface area contributed by atoms with Gasteiger partial charge in [0.1, 0.15) is 11.6 Å². The summed E-state index contributed by atoms with van der Waals surface area (Å²) in [7, 11) is 0. The Kier molecular flexibility index (Phi) is 4.00. The minimum atomic E-state index is -0.696. The number of carbonyl (C=O) groups excluding carboxylic acids is 1. The summed E-state index contributed by atoms with van der Waals surface area (Å²) < 4.78 is 27.2. The lowest BCUT2D eigenvalue weighted by Crippen LogP contribution is -2.05. The summed E-state index contributed by atoms with van der Waals surface area (Å²) >= 11 is 1.55. The summed E-state index contributed by atoms with van der Waals surface area (Å²) in [5, 5.41) is 0. The van der Waals surface area contributed by atoms with Gasteiger partial charge in [-0.15, -0.1) is 11.8 Å². The zero-order valence-corrected chi connectivity index (χ0v) is 11.4. The fraction of sp³-hybridized carbons (Fsp3) is 0.133. The smallest absolute Gasteiger partial charge is 0.196 e. The number of rotatable bonds is 3. The van der Waals surface area contributed by atoms with Gasteiger partial charge in [0.15, 0.2) is 5.78 Å². The second-order valence-electron chi connectivity index (χ2n) is 4.14. The first-order chi connectivity index (χ1) is 9.02. The maximum Gasteiger partial charge on any atom is 0.196 e. The van der Waals surface area contributed by atoms with E-state index in [4.69, 9.17) is 0 Å². The van der Waals surface area contributed by atoms with Gasteiger partial charge in [-0.25, -0.2) is 8.78 Å². The van der Waals surface area contributed by atoms with Gasteiger partial charge in [-0.05, 0) is 55.1 Å². The average Bonchev–Trinajstić information content (AvgIpc) is 2.42. The molecule has 0 bridgehead atoms. The predicted molar refractivity (Wildman–Crippen MR) is 72.8 cm³/mol. The van der Waals surface area contributed by atoms with Crippen LogP contribution in [0, 0.1) is 18.6 Å². The van der Waals surface area contributed by atoms with Crippen LogP contribution < -0.4 is 0 Å². The highest BCUT2D eigenvalue weighted by atomic mass is 32.2. The maximum absolute atomic E-state index is 13.7. The van der Waals surface area contributed by atoms with Crippen LogP contribution in [0.2, 0.25) is 0 Å². The Labute approximate surface area is 114 Å². The molecule has 1 nitrogen and oxygen atoms in total. The van der Waals surface area contributed by atoms with Gasteiger partial charge in [0, 0.05) is 10.5 Å². The van der Waals surface area contributed by atoms with Crippen molar-refractivity contribution >= 4 is 17.5 Å². The molecule has 0 aromatic heterocycles. The zero-order chi connectivity index (χ0) is 14.0. The Balaban J connectivity index is 2.40. The van der Waals surface area contributed by atoms with Crippen LogP contribution in [0.15, 0.2) is 41.3 Å². The van der Waals surface area contributed by atoms with Crippen LogP contribution in [-0.2, 0) is 0 Å². The van der Waals surface area contributed by atoms with Crippen molar-refractivity contribution in [2.75, 3.05) is 6.26 Å². The predicted octanol–water partition coefficient (Wildman–Crippen LogP) is 4.23. The monoisotopic (exact) mass is 278 g/mol. The molecule has 2 rings (SSSR count). The third-order valence-electron chi connectivity index (χ3n) is 2.85. The number of aryl methyl sites for hydroxylation is 1. The van der Waals surface area contributed by atoms with E-state index in [9.17, 15) is 13.6 Å². The van der Waals surface area contributed by atoms with Crippen LogP contribution in [-0.4, -0.2) is 12.0 Å². The number of thioether (sulfide) groups is 1. The number of benzene rings is 2. The minimum absolute atomic E-state index is 0.187. The molecular weight excluding hydrogens is 266 g/mol. The van der Waals surface area contributed by atoms with Gasteiger partial charge in [0.2, 0.25) is 0 Å². The summed E-state index contributed by atoms with van der Waals surface area (Å²) in [5.74, 6) is -1.78. The molecule has 0 heterocycles. The third-order valence-corrected chi connectivity index (χ3v) is 3.59. The van der Waals surface area contributed by atoms with Crippen LogP contribution in [0.5, 0.6) is 0 Å². The summed E-state index contributed by atoms with van der Waals surface area (Å²) in [5.41, 5.74) is 0.298. The van der Waals surface area contributed by atoms with Gasteiger partial charge in [-0.3, -0.25) is 4.79 Å². The second kappa shape index (κ2) is 5.53. The van der Waals surface area contributed by atoms with Gasteiger partial charge in [-0.1, -0.05) is 0 Å². The standard InChI is InChI=1S/C15H12F2OS/c1-9-7-14(17)12(8-13(9)16)15(18)10-3-5-11(19-2)6-4-10/h3-8H,1-2H3. The molecule has 0 amide bonds. The number of halogens is 2. The Morgan fingerprint density at radius 1 is 1.05 bits per heavy atom. The molecule has 19 heavy (non-hydrogen) atoms. The molecule has 98 valence electrons. The highest BCUT2D eigenvalue weighted by Gasteiger charge is 2.16. The van der Waals surface area contributed by atoms with E-state index in [0.717, 1.165) is 17.0 Å². The van der Waals surface area contributed by atoms with Crippen molar-refractivity contribution in [1.29, 1.82) is 0 Å². The fourth-order valence-corrected chi connectivity index (χ4v) is 2.13. The first kappa shape index (κ1) is 13.7. The van der Waals surface area contributed by atoms with Crippen LogP contribution in [0.3, 0.4) is 0 Å². The van der Waals surface area contributed by atoms with E-state index in [1.807, 2.05) is 6.26 Å². The summed E-state index contributed by atoms with van der Waals surface area (Å²) in [6, 6.07) is 8.78. The van der Waals surface area contributed by atoms with Crippen molar-refractivity contribution in [3.63, 3.8) is 0 Å². The van der Waals surface area contributed by atoms with Crippen LogP contribution in [0.1, 0.15) is 21.5 Å². The van der Waals surface area contributed by atoms with Crippen molar-refractivity contribution < 1.29 is 13.6 Å².